The molecule has 1 fully saturated rings. The lowest BCUT2D eigenvalue weighted by Crippen LogP contribution is -2.64. The highest BCUT2D eigenvalue weighted by atomic mass is 31.2. The summed E-state index contributed by atoms with van der Waals surface area (Å²) in [5.41, 5.74) is 0.458. The molecule has 6 N–H and O–H groups in total. The maximum absolute atomic E-state index is 13.1. The number of rotatable bonds is 8. The Kier molecular flexibility index (Phi) is 7.93. The molecule has 14 heteroatoms. The van der Waals surface area contributed by atoms with Gasteiger partial charge in [0.05, 0.1) is 12.2 Å². The zero-order chi connectivity index (χ0) is 31.4. The second kappa shape index (κ2) is 11.4. The van der Waals surface area contributed by atoms with E-state index in [1.807, 2.05) is 6.92 Å². The third kappa shape index (κ3) is 5.05. The van der Waals surface area contributed by atoms with Crippen molar-refractivity contribution in [2.24, 2.45) is 0 Å². The molecule has 1 aliphatic carbocycles. The maximum atomic E-state index is 13.1. The second-order valence-corrected chi connectivity index (χ2v) is 12.1. The number of fused-ring (bicyclic) bond motifs is 6. The molecule has 1 saturated carbocycles. The van der Waals surface area contributed by atoms with Crippen LogP contribution in [0.3, 0.4) is 0 Å². The van der Waals surface area contributed by atoms with E-state index < -0.39 is 56.0 Å². The average molecular weight is 631 g/mol. The van der Waals surface area contributed by atoms with Gasteiger partial charge in [0.25, 0.3) is 0 Å². The standard InChI is InChI=1S/C30H31O13P/c1-2-3-12-39-15-8-10-19-21(13-15)40-22-14-16(9-11-20(22)30(19)18-7-5-4-6-17(18)29(36)41-30)42-44(37,38)43-28-26(34)24(32)23(31)25(33)27(28)35/h4-11,13-14,23-28,31-35H,2-3,12H2,1H3,(H,37,38)/t23?,24-,25+,26-,27-,28?,30?/m1/s1. The van der Waals surface area contributed by atoms with Crippen molar-refractivity contribution < 1.29 is 63.0 Å². The van der Waals surface area contributed by atoms with Crippen LogP contribution in [0.15, 0.2) is 60.7 Å². The summed E-state index contributed by atoms with van der Waals surface area (Å²) in [4.78, 5) is 23.6. The summed E-state index contributed by atoms with van der Waals surface area (Å²) in [7, 11) is -5.14. The first kappa shape index (κ1) is 30.5. The highest BCUT2D eigenvalue weighted by Crippen LogP contribution is 2.58. The molecule has 3 aromatic rings. The number of hydrogen-bond donors (Lipinski definition) is 6. The Bertz CT molecular complexity index is 1610. The van der Waals surface area contributed by atoms with E-state index in [1.165, 1.54) is 18.2 Å². The summed E-state index contributed by atoms with van der Waals surface area (Å²) in [6.07, 6.45) is -10.1. The summed E-state index contributed by atoms with van der Waals surface area (Å²) in [5.74, 6) is 0.175. The fourth-order valence-corrected chi connectivity index (χ4v) is 6.73. The topological polar surface area (TPSA) is 202 Å². The number of benzene rings is 3. The molecule has 0 amide bonds. The van der Waals surface area contributed by atoms with Crippen molar-refractivity contribution in [3.05, 3.63) is 82.9 Å². The third-order valence-electron chi connectivity index (χ3n) is 7.97. The number of unbranched alkanes of at least 4 members (excludes halogenated alkanes) is 1. The van der Waals surface area contributed by atoms with Crippen molar-refractivity contribution in [3.63, 3.8) is 0 Å². The smallest absolute Gasteiger partial charge is 0.493 e. The molecule has 0 aromatic heterocycles. The van der Waals surface area contributed by atoms with E-state index in [9.17, 15) is 39.8 Å². The number of hydrogen-bond acceptors (Lipinski definition) is 12. The minimum Gasteiger partial charge on any atom is -0.493 e. The van der Waals surface area contributed by atoms with Crippen molar-refractivity contribution in [3.8, 4) is 23.0 Å². The van der Waals surface area contributed by atoms with Gasteiger partial charge in [-0.15, -0.1) is 0 Å². The summed E-state index contributed by atoms with van der Waals surface area (Å²) in [5, 5.41) is 50.1. The zero-order valence-electron chi connectivity index (χ0n) is 23.3. The highest BCUT2D eigenvalue weighted by Gasteiger charge is 2.54. The van der Waals surface area contributed by atoms with Crippen LogP contribution in [0.4, 0.5) is 0 Å². The van der Waals surface area contributed by atoms with E-state index in [1.54, 1.807) is 42.5 Å². The van der Waals surface area contributed by atoms with Crippen LogP contribution in [-0.2, 0) is 19.4 Å². The first-order chi connectivity index (χ1) is 21.0. The number of phosphoric ester groups is 1. The molecule has 6 rings (SSSR count). The lowest BCUT2D eigenvalue weighted by molar-refractivity contribution is -0.219. The molecule has 13 nitrogen and oxygen atoms in total. The molecule has 0 saturated heterocycles. The third-order valence-corrected chi connectivity index (χ3v) is 8.92. The predicted molar refractivity (Wildman–Crippen MR) is 150 cm³/mol. The largest absolute Gasteiger partial charge is 0.527 e. The lowest BCUT2D eigenvalue weighted by Gasteiger charge is -2.41. The molecule has 234 valence electrons. The number of carbonyl (C=O) groups is 1. The molecule has 3 aliphatic rings. The van der Waals surface area contributed by atoms with Crippen molar-refractivity contribution in [2.75, 3.05) is 6.61 Å². The Balaban J connectivity index is 1.35. The number of phosphoric acid groups is 1. The van der Waals surface area contributed by atoms with E-state index in [0.29, 0.717) is 40.4 Å². The van der Waals surface area contributed by atoms with Gasteiger partial charge in [0.2, 0.25) is 0 Å². The van der Waals surface area contributed by atoms with Gasteiger partial charge >= 0.3 is 13.8 Å². The summed E-state index contributed by atoms with van der Waals surface area (Å²) in [6.45, 7) is 2.52. The normalized spacial score (nSPS) is 29.9. The van der Waals surface area contributed by atoms with Crippen molar-refractivity contribution in [2.45, 2.75) is 62.0 Å². The monoisotopic (exact) mass is 630 g/mol. The van der Waals surface area contributed by atoms with Gasteiger partial charge in [-0.25, -0.2) is 9.36 Å². The van der Waals surface area contributed by atoms with Crippen LogP contribution < -0.4 is 14.0 Å². The van der Waals surface area contributed by atoms with Gasteiger partial charge in [0, 0.05) is 28.8 Å². The molecule has 8 atom stereocenters. The van der Waals surface area contributed by atoms with Crippen molar-refractivity contribution in [1.29, 1.82) is 0 Å². The van der Waals surface area contributed by atoms with Crippen LogP contribution in [-0.4, -0.2) is 79.6 Å². The van der Waals surface area contributed by atoms with Crippen LogP contribution >= 0.6 is 7.82 Å². The van der Waals surface area contributed by atoms with Gasteiger partial charge in [0.15, 0.2) is 5.60 Å². The Morgan fingerprint density at radius 1 is 0.818 bits per heavy atom. The Labute approximate surface area is 251 Å². The number of esters is 1. The summed E-state index contributed by atoms with van der Waals surface area (Å²) < 4.78 is 41.3. The molecule has 4 unspecified atom stereocenters. The Morgan fingerprint density at radius 2 is 1.41 bits per heavy atom. The molecular weight excluding hydrogens is 599 g/mol. The SMILES string of the molecule is CCCCOc1ccc2c(c1)Oc1cc(OP(=O)(O)OC3[C@H](O)[C@H](O)C(O)[C@H](O)[C@H]3O)ccc1C21OC(=O)c2ccccc21. The highest BCUT2D eigenvalue weighted by molar-refractivity contribution is 7.47. The minimum absolute atomic E-state index is 0.122. The van der Waals surface area contributed by atoms with E-state index in [0.717, 1.165) is 12.8 Å². The van der Waals surface area contributed by atoms with Crippen LogP contribution in [0.25, 0.3) is 0 Å². The van der Waals surface area contributed by atoms with E-state index in [4.69, 9.17) is 23.3 Å². The van der Waals surface area contributed by atoms with Crippen LogP contribution in [0, 0.1) is 0 Å². The van der Waals surface area contributed by atoms with E-state index >= 15 is 0 Å². The second-order valence-electron chi connectivity index (χ2n) is 10.8. The molecule has 2 aliphatic heterocycles. The summed E-state index contributed by atoms with van der Waals surface area (Å²) >= 11 is 0. The predicted octanol–water partition coefficient (Wildman–Crippen LogP) is 2.12. The molecule has 1 spiro atoms. The lowest BCUT2D eigenvalue weighted by atomic mass is 9.77. The van der Waals surface area contributed by atoms with Gasteiger partial charge in [-0.2, -0.15) is 0 Å². The fourth-order valence-electron chi connectivity index (χ4n) is 5.75. The van der Waals surface area contributed by atoms with Gasteiger partial charge in [0.1, 0.15) is 59.6 Å². The van der Waals surface area contributed by atoms with Gasteiger partial charge in [-0.05, 0) is 36.8 Å². The van der Waals surface area contributed by atoms with Crippen molar-refractivity contribution in [1.82, 2.24) is 0 Å². The maximum Gasteiger partial charge on any atom is 0.527 e. The molecule has 0 bridgehead atoms. The van der Waals surface area contributed by atoms with Crippen LogP contribution in [0.1, 0.15) is 46.8 Å². The fraction of sp³-hybridized carbons (Fsp3) is 0.367. The number of carbonyl (C=O) groups excluding carboxylic acids is 1. The minimum atomic E-state index is -5.14. The van der Waals surface area contributed by atoms with E-state index in [-0.39, 0.29) is 11.5 Å². The molecule has 2 heterocycles. The number of ether oxygens (including phenoxy) is 3. The van der Waals surface area contributed by atoms with E-state index in [2.05, 4.69) is 0 Å². The van der Waals surface area contributed by atoms with Gasteiger partial charge in [-0.1, -0.05) is 31.5 Å². The molecule has 44 heavy (non-hydrogen) atoms. The van der Waals surface area contributed by atoms with Gasteiger partial charge < -0.3 is 44.3 Å². The average Bonchev–Trinajstić information content (AvgIpc) is 3.29. The van der Waals surface area contributed by atoms with Crippen molar-refractivity contribution >= 4 is 13.8 Å². The number of aliphatic hydroxyl groups excluding tert-OH is 5. The van der Waals surface area contributed by atoms with Crippen LogP contribution in [0.5, 0.6) is 23.0 Å². The van der Waals surface area contributed by atoms with Gasteiger partial charge in [-0.3, -0.25) is 9.42 Å². The molecular formula is C30H31O13P. The van der Waals surface area contributed by atoms with Crippen LogP contribution in [0.2, 0.25) is 0 Å². The molecule has 0 radical (unpaired) electrons. The zero-order valence-corrected chi connectivity index (χ0v) is 24.2. The quantitative estimate of drug-likeness (QED) is 0.120. The first-order valence-corrected chi connectivity index (χ1v) is 15.5. The molecule has 3 aromatic carbocycles. The number of aliphatic hydroxyl groups is 5. The first-order valence-electron chi connectivity index (χ1n) is 14.0. The Morgan fingerprint density at radius 3 is 2.07 bits per heavy atom. The summed E-state index contributed by atoms with van der Waals surface area (Å²) in [6, 6.07) is 16.2. The Hall–Kier alpha value is -3.52.